The molecule has 1 aromatic carbocycles. The molecule has 2 rings (SSSR count). The van der Waals surface area contributed by atoms with Crippen molar-refractivity contribution in [2.75, 3.05) is 0 Å². The largest absolute Gasteiger partial charge is 0.365 e. The highest BCUT2D eigenvalue weighted by molar-refractivity contribution is 6.30. The second kappa shape index (κ2) is 5.24. The fourth-order valence-corrected chi connectivity index (χ4v) is 2.03. The molecule has 0 radical (unpaired) electrons. The molecule has 19 heavy (non-hydrogen) atoms. The maximum Gasteiger partial charge on any atom is 0.252 e. The molecule has 6 heteroatoms. The molecule has 0 aliphatic carbocycles. The van der Waals surface area contributed by atoms with Gasteiger partial charge in [0.1, 0.15) is 11.3 Å². The number of hydrogen-bond acceptors (Lipinski definition) is 2. The average molecular weight is 280 g/mol. The Kier molecular flexibility index (Phi) is 3.66. The Bertz CT molecular complexity index is 676. The lowest BCUT2D eigenvalue weighted by atomic mass is 10.2. The smallest absolute Gasteiger partial charge is 0.252 e. The first kappa shape index (κ1) is 13.3. The summed E-state index contributed by atoms with van der Waals surface area (Å²) < 4.78 is 14.7. The van der Waals surface area contributed by atoms with Gasteiger partial charge in [-0.15, -0.1) is 0 Å². The van der Waals surface area contributed by atoms with Gasteiger partial charge in [0.2, 0.25) is 0 Å². The van der Waals surface area contributed by atoms with Crippen molar-refractivity contribution in [2.24, 2.45) is 5.73 Å². The average Bonchev–Trinajstić information content (AvgIpc) is 2.30. The Labute approximate surface area is 113 Å². The Hall–Kier alpha value is -2.14. The number of benzene rings is 1. The second-order valence-corrected chi connectivity index (χ2v) is 4.48. The van der Waals surface area contributed by atoms with Gasteiger partial charge < -0.3 is 10.3 Å². The molecule has 2 aromatic rings. The van der Waals surface area contributed by atoms with Crippen LogP contribution in [0.2, 0.25) is 5.02 Å². The maximum atomic E-state index is 13.2. The van der Waals surface area contributed by atoms with Crippen molar-refractivity contribution in [3.8, 4) is 0 Å². The van der Waals surface area contributed by atoms with Crippen molar-refractivity contribution < 1.29 is 9.18 Å². The first-order chi connectivity index (χ1) is 8.97. The highest BCUT2D eigenvalue weighted by Gasteiger charge is 2.06. The van der Waals surface area contributed by atoms with Crippen molar-refractivity contribution >= 4 is 17.5 Å². The van der Waals surface area contributed by atoms with Crippen molar-refractivity contribution in [3.63, 3.8) is 0 Å². The fraction of sp³-hybridized carbons (Fsp3) is 0.0769. The van der Waals surface area contributed by atoms with Crippen LogP contribution in [0.1, 0.15) is 15.9 Å². The summed E-state index contributed by atoms with van der Waals surface area (Å²) in [5.41, 5.74) is 5.87. The van der Waals surface area contributed by atoms with E-state index in [0.717, 1.165) is 0 Å². The summed E-state index contributed by atoms with van der Waals surface area (Å²) in [6.07, 6.45) is 1.62. The van der Waals surface area contributed by atoms with E-state index in [-0.39, 0.29) is 22.6 Å². The third-order valence-corrected chi connectivity index (χ3v) is 2.83. The van der Waals surface area contributed by atoms with Gasteiger partial charge in [-0.05, 0) is 35.9 Å². The summed E-state index contributed by atoms with van der Waals surface area (Å²) in [7, 11) is 0. The highest BCUT2D eigenvalue weighted by atomic mass is 35.5. The van der Waals surface area contributed by atoms with Gasteiger partial charge in [0.05, 0.1) is 5.56 Å². The number of nitrogens with two attached hydrogens (primary N) is 1. The molecule has 3 N–H and O–H groups in total. The zero-order chi connectivity index (χ0) is 14.0. The number of carbonyl (C=O) groups excluding carboxylic acids is 1. The fourth-order valence-electron chi connectivity index (χ4n) is 1.78. The molecular formula is C13H11ClFN3O. The first-order valence-electron chi connectivity index (χ1n) is 5.46. The number of hydrogen-bond donors (Lipinski definition) is 2. The summed E-state index contributed by atoms with van der Waals surface area (Å²) in [5.74, 6) is -1.11. The topological polar surface area (TPSA) is 71.9 Å². The number of carbonyl (C=O) groups is 1. The Morgan fingerprint density at radius 2 is 2.16 bits per heavy atom. The number of aromatic nitrogens is 1. The van der Waals surface area contributed by atoms with Gasteiger partial charge in [-0.2, -0.15) is 0 Å². The van der Waals surface area contributed by atoms with Crippen LogP contribution in [0.5, 0.6) is 0 Å². The SMILES string of the molecule is N=c1c(C(N)=O)cccn1Cc1cc(F)cc(Cl)c1. The monoisotopic (exact) mass is 279 g/mol. The summed E-state index contributed by atoms with van der Waals surface area (Å²) in [5, 5.41) is 8.15. The van der Waals surface area contributed by atoms with Crippen molar-refractivity contribution in [3.05, 3.63) is 64.0 Å². The zero-order valence-corrected chi connectivity index (χ0v) is 10.6. The van der Waals surface area contributed by atoms with Crippen LogP contribution in [0.15, 0.2) is 36.5 Å². The Morgan fingerprint density at radius 3 is 2.79 bits per heavy atom. The van der Waals surface area contributed by atoms with Crippen LogP contribution in [0.25, 0.3) is 0 Å². The van der Waals surface area contributed by atoms with Gasteiger partial charge in [0, 0.05) is 17.8 Å². The number of nitrogens with one attached hydrogen (secondary N) is 1. The molecule has 0 aliphatic rings. The molecule has 4 nitrogen and oxygen atoms in total. The molecular weight excluding hydrogens is 269 g/mol. The Balaban J connectivity index is 2.41. The van der Waals surface area contributed by atoms with Crippen molar-refractivity contribution in [2.45, 2.75) is 6.54 Å². The number of halogens is 2. The number of amides is 1. The van der Waals surface area contributed by atoms with Crippen LogP contribution in [0, 0.1) is 11.2 Å². The van der Waals surface area contributed by atoms with Gasteiger partial charge in [0.15, 0.2) is 0 Å². The third-order valence-electron chi connectivity index (χ3n) is 2.61. The van der Waals surface area contributed by atoms with Gasteiger partial charge in [-0.3, -0.25) is 10.2 Å². The standard InChI is InChI=1S/C13H11ClFN3O/c14-9-4-8(5-10(15)6-9)7-18-3-1-2-11(12(18)16)13(17)19/h1-6,16H,7H2,(H2,17,19). The lowest BCUT2D eigenvalue weighted by Crippen LogP contribution is -2.29. The van der Waals surface area contributed by atoms with Crippen LogP contribution in [-0.4, -0.2) is 10.5 Å². The van der Waals surface area contributed by atoms with Crippen molar-refractivity contribution in [1.82, 2.24) is 4.57 Å². The molecule has 0 bridgehead atoms. The highest BCUT2D eigenvalue weighted by Crippen LogP contribution is 2.14. The molecule has 1 aromatic heterocycles. The Morgan fingerprint density at radius 1 is 1.42 bits per heavy atom. The molecule has 98 valence electrons. The normalized spacial score (nSPS) is 10.4. The van der Waals surface area contributed by atoms with Gasteiger partial charge in [-0.25, -0.2) is 4.39 Å². The lowest BCUT2D eigenvalue weighted by molar-refractivity contribution is 0.0998. The van der Waals surface area contributed by atoms with E-state index < -0.39 is 11.7 Å². The molecule has 0 aliphatic heterocycles. The van der Waals surface area contributed by atoms with E-state index in [1.807, 2.05) is 0 Å². The predicted molar refractivity (Wildman–Crippen MR) is 69.3 cm³/mol. The minimum absolute atomic E-state index is 0.0182. The molecule has 1 heterocycles. The number of rotatable bonds is 3. The quantitative estimate of drug-likeness (QED) is 0.885. The number of primary amides is 1. The van der Waals surface area contributed by atoms with Crippen LogP contribution in [0.3, 0.4) is 0 Å². The van der Waals surface area contributed by atoms with E-state index in [2.05, 4.69) is 0 Å². The zero-order valence-electron chi connectivity index (χ0n) is 9.86. The minimum Gasteiger partial charge on any atom is -0.365 e. The van der Waals surface area contributed by atoms with Gasteiger partial charge in [-0.1, -0.05) is 11.6 Å². The van der Waals surface area contributed by atoms with E-state index in [0.29, 0.717) is 5.56 Å². The minimum atomic E-state index is -0.670. The summed E-state index contributed by atoms with van der Waals surface area (Å²) in [4.78, 5) is 11.1. The molecule has 0 saturated carbocycles. The van der Waals surface area contributed by atoms with E-state index >= 15 is 0 Å². The van der Waals surface area contributed by atoms with E-state index in [1.165, 1.54) is 22.8 Å². The molecule has 0 spiro atoms. The number of pyridine rings is 1. The van der Waals surface area contributed by atoms with E-state index in [4.69, 9.17) is 22.7 Å². The van der Waals surface area contributed by atoms with Crippen LogP contribution < -0.4 is 11.2 Å². The third kappa shape index (κ3) is 3.00. The molecule has 1 amide bonds. The maximum absolute atomic E-state index is 13.2. The molecule has 0 atom stereocenters. The lowest BCUT2D eigenvalue weighted by Gasteiger charge is -2.09. The number of nitrogens with zero attached hydrogens (tertiary/aromatic N) is 1. The predicted octanol–water partition coefficient (Wildman–Crippen LogP) is 1.91. The molecule has 0 unspecified atom stereocenters. The van der Waals surface area contributed by atoms with Crippen LogP contribution in [0.4, 0.5) is 4.39 Å². The van der Waals surface area contributed by atoms with E-state index in [9.17, 15) is 9.18 Å². The van der Waals surface area contributed by atoms with Crippen LogP contribution in [-0.2, 0) is 6.54 Å². The second-order valence-electron chi connectivity index (χ2n) is 4.04. The molecule has 0 saturated heterocycles. The summed E-state index contributed by atoms with van der Waals surface area (Å²) in [6, 6.07) is 7.22. The van der Waals surface area contributed by atoms with Crippen LogP contribution >= 0.6 is 11.6 Å². The van der Waals surface area contributed by atoms with Gasteiger partial charge in [0.25, 0.3) is 5.91 Å². The van der Waals surface area contributed by atoms with E-state index in [1.54, 1.807) is 18.3 Å². The summed E-state index contributed by atoms with van der Waals surface area (Å²) >= 11 is 5.77. The summed E-state index contributed by atoms with van der Waals surface area (Å²) in [6.45, 7) is 0.234. The van der Waals surface area contributed by atoms with Crippen molar-refractivity contribution in [1.29, 1.82) is 5.41 Å². The first-order valence-corrected chi connectivity index (χ1v) is 5.84. The molecule has 0 fully saturated rings. The van der Waals surface area contributed by atoms with Gasteiger partial charge >= 0.3 is 0 Å².